The minimum atomic E-state index is -0.801. The molecular weight excluding hydrogens is 536 g/mol. The first-order valence-corrected chi connectivity index (χ1v) is 16.6. The number of benzene rings is 3. The van der Waals surface area contributed by atoms with E-state index in [0.717, 1.165) is 53.0 Å². The first-order chi connectivity index (χ1) is 21.0. The molecule has 0 radical (unpaired) electrons. The number of carbonyl (C=O) groups is 1. The van der Waals surface area contributed by atoms with E-state index < -0.39 is 12.1 Å². The summed E-state index contributed by atoms with van der Waals surface area (Å²) in [6.07, 6.45) is 15.3. The molecule has 0 spiro atoms. The van der Waals surface area contributed by atoms with Gasteiger partial charge >= 0.3 is 5.97 Å². The van der Waals surface area contributed by atoms with E-state index in [1.807, 2.05) is 36.4 Å². The SMILES string of the molecule is CCCCCCCCCCOc1ccc(C(=O)Oc2ccc3c(c2)[C@@H](O)c2cc(O[C@H](C)CCCCCC)ccc2-3)cc1. The molecule has 0 fully saturated rings. The lowest BCUT2D eigenvalue weighted by molar-refractivity contribution is 0.0734. The molecule has 4 rings (SSSR count). The molecule has 3 aromatic rings. The zero-order valence-electron chi connectivity index (χ0n) is 26.4. The van der Waals surface area contributed by atoms with E-state index in [9.17, 15) is 9.90 Å². The van der Waals surface area contributed by atoms with Gasteiger partial charge in [0.15, 0.2) is 0 Å². The molecule has 43 heavy (non-hydrogen) atoms. The van der Waals surface area contributed by atoms with Crippen LogP contribution in [0.25, 0.3) is 11.1 Å². The summed E-state index contributed by atoms with van der Waals surface area (Å²) in [5, 5.41) is 11.2. The number of hydrogen-bond donors (Lipinski definition) is 1. The molecule has 5 nitrogen and oxygen atoms in total. The quantitative estimate of drug-likeness (QED) is 0.0860. The molecule has 232 valence electrons. The summed E-state index contributed by atoms with van der Waals surface area (Å²) < 4.78 is 17.7. The molecule has 0 saturated carbocycles. The average Bonchev–Trinajstić information content (AvgIpc) is 3.29. The van der Waals surface area contributed by atoms with Crippen LogP contribution in [0.2, 0.25) is 0 Å². The van der Waals surface area contributed by atoms with Crippen molar-refractivity contribution in [2.45, 2.75) is 116 Å². The second-order valence-corrected chi connectivity index (χ2v) is 11.9. The van der Waals surface area contributed by atoms with Gasteiger partial charge in [-0.2, -0.15) is 0 Å². The van der Waals surface area contributed by atoms with Gasteiger partial charge in [-0.05, 0) is 97.0 Å². The summed E-state index contributed by atoms with van der Waals surface area (Å²) in [6.45, 7) is 7.25. The summed E-state index contributed by atoms with van der Waals surface area (Å²) in [7, 11) is 0. The number of carbonyl (C=O) groups excluding carboxylic acids is 1. The van der Waals surface area contributed by atoms with Gasteiger partial charge in [0.25, 0.3) is 0 Å². The lowest BCUT2D eigenvalue weighted by Crippen LogP contribution is -2.11. The first-order valence-electron chi connectivity index (χ1n) is 16.6. The molecule has 1 aliphatic carbocycles. The fourth-order valence-electron chi connectivity index (χ4n) is 5.76. The second kappa shape index (κ2) is 17.1. The molecule has 3 aromatic carbocycles. The summed E-state index contributed by atoms with van der Waals surface area (Å²) in [5.41, 5.74) is 3.92. The molecule has 0 amide bonds. The Balaban J connectivity index is 1.26. The maximum atomic E-state index is 12.9. The number of aliphatic hydroxyl groups excluding tert-OH is 1. The summed E-state index contributed by atoms with van der Waals surface area (Å²) >= 11 is 0. The van der Waals surface area contributed by atoms with Crippen molar-refractivity contribution in [2.75, 3.05) is 6.61 Å². The molecule has 1 aliphatic rings. The monoisotopic (exact) mass is 586 g/mol. The van der Waals surface area contributed by atoms with Crippen LogP contribution in [0.3, 0.4) is 0 Å². The first kappa shape index (κ1) is 32.6. The number of aliphatic hydroxyl groups is 1. The molecule has 5 heteroatoms. The standard InChI is InChI=1S/C38H50O5/c1-4-6-8-10-11-12-13-15-25-41-30-19-17-29(18-20-30)38(40)43-32-22-24-34-33-23-21-31(26-35(33)37(39)36(34)27-32)42-28(3)16-14-9-7-5-2/h17-24,26-28,37,39H,4-16,25H2,1-3H3/t28-,37+/m1/s1. The number of hydrogen-bond acceptors (Lipinski definition) is 5. The van der Waals surface area contributed by atoms with Crippen molar-refractivity contribution in [3.63, 3.8) is 0 Å². The van der Waals surface area contributed by atoms with E-state index in [0.29, 0.717) is 17.9 Å². The van der Waals surface area contributed by atoms with Crippen molar-refractivity contribution < 1.29 is 24.1 Å². The number of esters is 1. The Kier molecular flexibility index (Phi) is 13.0. The maximum absolute atomic E-state index is 12.9. The highest BCUT2D eigenvalue weighted by Gasteiger charge is 2.28. The van der Waals surface area contributed by atoms with E-state index in [1.54, 1.807) is 24.3 Å². The zero-order valence-corrected chi connectivity index (χ0v) is 26.4. The molecule has 0 heterocycles. The maximum Gasteiger partial charge on any atom is 0.343 e. The number of ether oxygens (including phenoxy) is 3. The average molecular weight is 587 g/mol. The zero-order chi connectivity index (χ0) is 30.4. The van der Waals surface area contributed by atoms with Gasteiger partial charge in [-0.15, -0.1) is 0 Å². The Morgan fingerprint density at radius 1 is 0.698 bits per heavy atom. The van der Waals surface area contributed by atoms with Crippen molar-refractivity contribution in [1.82, 2.24) is 0 Å². The Bertz CT molecular complexity index is 1280. The van der Waals surface area contributed by atoms with Gasteiger partial charge in [-0.25, -0.2) is 4.79 Å². The van der Waals surface area contributed by atoms with Gasteiger partial charge < -0.3 is 19.3 Å². The lowest BCUT2D eigenvalue weighted by atomic mass is 10.1. The van der Waals surface area contributed by atoms with Gasteiger partial charge in [-0.3, -0.25) is 0 Å². The predicted octanol–water partition coefficient (Wildman–Crippen LogP) is 10.2. The number of fused-ring (bicyclic) bond motifs is 3. The van der Waals surface area contributed by atoms with Crippen LogP contribution in [0.1, 0.15) is 132 Å². The molecule has 0 saturated heterocycles. The van der Waals surface area contributed by atoms with Crippen molar-refractivity contribution in [1.29, 1.82) is 0 Å². The topological polar surface area (TPSA) is 65.0 Å². The Labute approximate surface area is 258 Å². The molecule has 0 bridgehead atoms. The van der Waals surface area contributed by atoms with Crippen molar-refractivity contribution in [2.24, 2.45) is 0 Å². The van der Waals surface area contributed by atoms with Crippen LogP contribution in [0.15, 0.2) is 60.7 Å². The van der Waals surface area contributed by atoms with Crippen molar-refractivity contribution in [3.8, 4) is 28.4 Å². The fraction of sp³-hybridized carbons (Fsp3) is 0.500. The third-order valence-electron chi connectivity index (χ3n) is 8.29. The van der Waals surface area contributed by atoms with Gasteiger partial charge in [0.05, 0.1) is 18.3 Å². The molecule has 0 aliphatic heterocycles. The van der Waals surface area contributed by atoms with E-state index in [-0.39, 0.29) is 6.10 Å². The highest BCUT2D eigenvalue weighted by molar-refractivity contribution is 5.91. The van der Waals surface area contributed by atoms with E-state index in [4.69, 9.17) is 14.2 Å². The predicted molar refractivity (Wildman–Crippen MR) is 174 cm³/mol. The third-order valence-corrected chi connectivity index (χ3v) is 8.29. The van der Waals surface area contributed by atoms with Crippen LogP contribution in [-0.2, 0) is 0 Å². The van der Waals surface area contributed by atoms with Crippen LogP contribution in [0.4, 0.5) is 0 Å². The van der Waals surface area contributed by atoms with Crippen LogP contribution in [-0.4, -0.2) is 23.8 Å². The molecule has 2 atom stereocenters. The highest BCUT2D eigenvalue weighted by Crippen LogP contribution is 2.46. The van der Waals surface area contributed by atoms with Gasteiger partial charge in [0.1, 0.15) is 23.4 Å². The van der Waals surface area contributed by atoms with Crippen molar-refractivity contribution >= 4 is 5.97 Å². The Morgan fingerprint density at radius 3 is 1.88 bits per heavy atom. The number of rotatable bonds is 19. The van der Waals surface area contributed by atoms with E-state index in [1.165, 1.54) is 64.2 Å². The van der Waals surface area contributed by atoms with E-state index in [2.05, 4.69) is 20.8 Å². The fourth-order valence-corrected chi connectivity index (χ4v) is 5.76. The Hall–Kier alpha value is -3.31. The van der Waals surface area contributed by atoms with Crippen LogP contribution in [0.5, 0.6) is 17.2 Å². The molecule has 0 unspecified atom stereocenters. The largest absolute Gasteiger partial charge is 0.494 e. The van der Waals surface area contributed by atoms with Crippen molar-refractivity contribution in [3.05, 3.63) is 77.4 Å². The van der Waals surface area contributed by atoms with Crippen LogP contribution in [0, 0.1) is 0 Å². The summed E-state index contributed by atoms with van der Waals surface area (Å²) in [5.74, 6) is 1.49. The lowest BCUT2D eigenvalue weighted by Gasteiger charge is -2.16. The number of unbranched alkanes of at least 4 members (excludes halogenated alkanes) is 10. The molecule has 1 N–H and O–H groups in total. The van der Waals surface area contributed by atoms with Gasteiger partial charge in [0, 0.05) is 0 Å². The molecular formula is C38H50O5. The minimum Gasteiger partial charge on any atom is -0.494 e. The smallest absolute Gasteiger partial charge is 0.343 e. The third kappa shape index (κ3) is 9.59. The summed E-state index contributed by atoms with van der Waals surface area (Å²) in [6, 6.07) is 18.5. The summed E-state index contributed by atoms with van der Waals surface area (Å²) in [4.78, 5) is 12.9. The van der Waals surface area contributed by atoms with Gasteiger partial charge in [-0.1, -0.05) is 90.2 Å². The van der Waals surface area contributed by atoms with Crippen LogP contribution >= 0.6 is 0 Å². The minimum absolute atomic E-state index is 0.123. The van der Waals surface area contributed by atoms with Gasteiger partial charge in [0.2, 0.25) is 0 Å². The van der Waals surface area contributed by atoms with Crippen LogP contribution < -0.4 is 14.2 Å². The van der Waals surface area contributed by atoms with E-state index >= 15 is 0 Å². The normalized spacial score (nSPS) is 14.2. The molecule has 0 aromatic heterocycles. The highest BCUT2D eigenvalue weighted by atomic mass is 16.5. The second-order valence-electron chi connectivity index (χ2n) is 11.9. The Morgan fingerprint density at radius 2 is 1.23 bits per heavy atom.